The van der Waals surface area contributed by atoms with Crippen molar-refractivity contribution in [3.63, 3.8) is 0 Å². The van der Waals surface area contributed by atoms with E-state index in [1.807, 2.05) is 0 Å². The zero-order valence-electron chi connectivity index (χ0n) is 14.1. The number of hydrogen-bond donors (Lipinski definition) is 0. The molecule has 1 saturated carbocycles. The average molecular weight is 307 g/mol. The number of fused-ring (bicyclic) bond motifs is 1. The number of carbonyl (C=O) groups excluding carboxylic acids is 2. The highest BCUT2D eigenvalue weighted by Gasteiger charge is 2.58. The van der Waals surface area contributed by atoms with Crippen LogP contribution >= 0.6 is 0 Å². The van der Waals surface area contributed by atoms with Gasteiger partial charge in [-0.2, -0.15) is 0 Å². The maximum atomic E-state index is 12.6. The number of amides is 2. The molecule has 2 aliphatic heterocycles. The SMILES string of the molecule is CCC(CN1C(=O)C2CCCCC2C1=O)C1OC1(CC)CC. The molecule has 0 aromatic heterocycles. The summed E-state index contributed by atoms with van der Waals surface area (Å²) in [5, 5.41) is 0. The van der Waals surface area contributed by atoms with Crippen LogP contribution in [0.2, 0.25) is 0 Å². The van der Waals surface area contributed by atoms with Crippen LogP contribution in [0.25, 0.3) is 0 Å². The standard InChI is InChI=1S/C18H29NO3/c1-4-12(15-18(5-2,6-3)22-15)11-19-16(20)13-9-7-8-10-14(13)17(19)21/h12-15H,4-11H2,1-3H3. The topological polar surface area (TPSA) is 49.9 Å². The molecule has 3 aliphatic rings. The molecular weight excluding hydrogens is 278 g/mol. The molecule has 0 bridgehead atoms. The molecule has 0 radical (unpaired) electrons. The van der Waals surface area contributed by atoms with Crippen molar-refractivity contribution >= 4 is 11.8 Å². The average Bonchev–Trinajstić information content (AvgIpc) is 3.24. The molecule has 0 aromatic rings. The Labute approximate surface area is 133 Å². The van der Waals surface area contributed by atoms with E-state index in [0.29, 0.717) is 6.54 Å². The first-order valence-electron chi connectivity index (χ1n) is 9.11. The van der Waals surface area contributed by atoms with Crippen LogP contribution in [-0.2, 0) is 14.3 Å². The van der Waals surface area contributed by atoms with Gasteiger partial charge in [-0.15, -0.1) is 0 Å². The van der Waals surface area contributed by atoms with Crippen LogP contribution in [0, 0.1) is 17.8 Å². The van der Waals surface area contributed by atoms with E-state index in [4.69, 9.17) is 4.74 Å². The van der Waals surface area contributed by atoms with E-state index in [9.17, 15) is 9.59 Å². The number of rotatable bonds is 6. The van der Waals surface area contributed by atoms with Gasteiger partial charge in [-0.05, 0) is 32.1 Å². The van der Waals surface area contributed by atoms with Crippen molar-refractivity contribution in [3.05, 3.63) is 0 Å². The minimum Gasteiger partial charge on any atom is -0.366 e. The van der Waals surface area contributed by atoms with Gasteiger partial charge in [-0.25, -0.2) is 0 Å². The maximum absolute atomic E-state index is 12.6. The monoisotopic (exact) mass is 307 g/mol. The Bertz CT molecular complexity index is 433. The summed E-state index contributed by atoms with van der Waals surface area (Å²) >= 11 is 0. The molecule has 4 nitrogen and oxygen atoms in total. The fourth-order valence-corrected chi connectivity index (χ4v) is 4.65. The highest BCUT2D eigenvalue weighted by molar-refractivity contribution is 6.05. The van der Waals surface area contributed by atoms with Gasteiger partial charge in [0.05, 0.1) is 23.5 Å². The maximum Gasteiger partial charge on any atom is 0.233 e. The molecule has 0 N–H and O–H groups in total. The Morgan fingerprint density at radius 2 is 1.64 bits per heavy atom. The smallest absolute Gasteiger partial charge is 0.233 e. The van der Waals surface area contributed by atoms with E-state index in [2.05, 4.69) is 20.8 Å². The Morgan fingerprint density at radius 3 is 2.05 bits per heavy atom. The molecule has 124 valence electrons. The summed E-state index contributed by atoms with van der Waals surface area (Å²) in [5.74, 6) is 0.412. The van der Waals surface area contributed by atoms with E-state index < -0.39 is 0 Å². The van der Waals surface area contributed by atoms with Crippen LogP contribution in [0.1, 0.15) is 65.7 Å². The summed E-state index contributed by atoms with van der Waals surface area (Å²) in [7, 11) is 0. The fourth-order valence-electron chi connectivity index (χ4n) is 4.65. The predicted octanol–water partition coefficient (Wildman–Crippen LogP) is 3.15. The van der Waals surface area contributed by atoms with Gasteiger partial charge in [0.1, 0.15) is 0 Å². The van der Waals surface area contributed by atoms with Crippen LogP contribution in [0.5, 0.6) is 0 Å². The van der Waals surface area contributed by atoms with Gasteiger partial charge in [-0.1, -0.05) is 33.6 Å². The molecule has 4 heteroatoms. The molecule has 4 unspecified atom stereocenters. The van der Waals surface area contributed by atoms with Gasteiger partial charge in [0, 0.05) is 12.5 Å². The van der Waals surface area contributed by atoms with E-state index in [1.165, 1.54) is 0 Å². The number of nitrogens with zero attached hydrogens (tertiary/aromatic N) is 1. The minimum atomic E-state index is -0.0269. The molecule has 2 heterocycles. The van der Waals surface area contributed by atoms with Crippen molar-refractivity contribution < 1.29 is 14.3 Å². The first-order chi connectivity index (χ1) is 10.6. The van der Waals surface area contributed by atoms with Crippen molar-refractivity contribution in [2.24, 2.45) is 17.8 Å². The Balaban J connectivity index is 1.69. The molecule has 3 fully saturated rings. The van der Waals surface area contributed by atoms with Crippen molar-refractivity contribution in [1.82, 2.24) is 4.90 Å². The lowest BCUT2D eigenvalue weighted by molar-refractivity contribution is -0.140. The van der Waals surface area contributed by atoms with E-state index in [-0.39, 0.29) is 41.3 Å². The van der Waals surface area contributed by atoms with Gasteiger partial charge in [0.25, 0.3) is 0 Å². The number of imide groups is 1. The second-order valence-electron chi connectivity index (χ2n) is 7.26. The molecule has 1 aliphatic carbocycles. The molecule has 0 aromatic carbocycles. The summed E-state index contributed by atoms with van der Waals surface area (Å²) in [4.78, 5) is 26.8. The Morgan fingerprint density at radius 1 is 1.09 bits per heavy atom. The molecule has 3 rings (SSSR count). The highest BCUT2D eigenvalue weighted by atomic mass is 16.6. The molecule has 4 atom stereocenters. The van der Waals surface area contributed by atoms with E-state index >= 15 is 0 Å². The molecule has 2 saturated heterocycles. The van der Waals surface area contributed by atoms with Crippen molar-refractivity contribution in [3.8, 4) is 0 Å². The Kier molecular flexibility index (Phi) is 4.32. The van der Waals surface area contributed by atoms with Gasteiger partial charge in [-0.3, -0.25) is 14.5 Å². The lowest BCUT2D eigenvalue weighted by Gasteiger charge is -2.22. The summed E-state index contributed by atoms with van der Waals surface area (Å²) in [6.45, 7) is 7.03. The Hall–Kier alpha value is -0.900. The first-order valence-corrected chi connectivity index (χ1v) is 9.11. The number of epoxide rings is 1. The molecule has 2 amide bonds. The van der Waals surface area contributed by atoms with Crippen molar-refractivity contribution in [1.29, 1.82) is 0 Å². The third kappa shape index (κ3) is 2.40. The summed E-state index contributed by atoms with van der Waals surface area (Å²) in [6.07, 6.45) is 7.18. The number of likely N-dealkylation sites (tertiary alicyclic amines) is 1. The summed E-state index contributed by atoms with van der Waals surface area (Å²) < 4.78 is 6.01. The second-order valence-corrected chi connectivity index (χ2v) is 7.26. The van der Waals surface area contributed by atoms with Crippen LogP contribution in [0.3, 0.4) is 0 Å². The predicted molar refractivity (Wildman–Crippen MR) is 84.1 cm³/mol. The fraction of sp³-hybridized carbons (Fsp3) is 0.889. The van der Waals surface area contributed by atoms with Gasteiger partial charge in [0.2, 0.25) is 11.8 Å². The van der Waals surface area contributed by atoms with E-state index in [1.54, 1.807) is 4.90 Å². The lowest BCUT2D eigenvalue weighted by atomic mass is 9.81. The molecular formula is C18H29NO3. The van der Waals surface area contributed by atoms with Gasteiger partial charge >= 0.3 is 0 Å². The first kappa shape index (κ1) is 16.0. The van der Waals surface area contributed by atoms with Gasteiger partial charge < -0.3 is 4.74 Å². The van der Waals surface area contributed by atoms with E-state index in [0.717, 1.165) is 44.9 Å². The molecule has 22 heavy (non-hydrogen) atoms. The highest BCUT2D eigenvalue weighted by Crippen LogP contribution is 2.48. The largest absolute Gasteiger partial charge is 0.366 e. The quantitative estimate of drug-likeness (QED) is 0.559. The van der Waals surface area contributed by atoms with Crippen LogP contribution in [0.15, 0.2) is 0 Å². The summed E-state index contributed by atoms with van der Waals surface area (Å²) in [5.41, 5.74) is -0.000738. The number of carbonyl (C=O) groups is 2. The van der Waals surface area contributed by atoms with Crippen LogP contribution in [0.4, 0.5) is 0 Å². The van der Waals surface area contributed by atoms with Crippen molar-refractivity contribution in [2.45, 2.75) is 77.4 Å². The zero-order chi connectivity index (χ0) is 15.9. The van der Waals surface area contributed by atoms with Gasteiger partial charge in [0.15, 0.2) is 0 Å². The lowest BCUT2D eigenvalue weighted by Crippen LogP contribution is -2.38. The normalized spacial score (nSPS) is 34.7. The third-order valence-electron chi connectivity index (χ3n) is 6.32. The minimum absolute atomic E-state index is 0.000738. The number of ether oxygens (including phenoxy) is 1. The zero-order valence-corrected chi connectivity index (χ0v) is 14.1. The van der Waals surface area contributed by atoms with Crippen molar-refractivity contribution in [2.75, 3.05) is 6.54 Å². The third-order valence-corrected chi connectivity index (χ3v) is 6.32. The van der Waals surface area contributed by atoms with Crippen LogP contribution in [-0.4, -0.2) is 35.0 Å². The number of hydrogen-bond acceptors (Lipinski definition) is 3. The second kappa shape index (κ2) is 5.95. The molecule has 0 spiro atoms. The van der Waals surface area contributed by atoms with Crippen LogP contribution < -0.4 is 0 Å². The summed E-state index contributed by atoms with van der Waals surface area (Å²) in [6, 6.07) is 0.